The predicted octanol–water partition coefficient (Wildman–Crippen LogP) is 3.68. The normalized spacial score (nSPS) is 13.8. The quantitative estimate of drug-likeness (QED) is 0.532. The third-order valence-electron chi connectivity index (χ3n) is 4.68. The topological polar surface area (TPSA) is 84.1 Å². The minimum atomic E-state index is -0.570. The van der Waals surface area contributed by atoms with E-state index in [0.717, 1.165) is 17.1 Å². The van der Waals surface area contributed by atoms with E-state index >= 15 is 0 Å². The number of hydrogen-bond acceptors (Lipinski definition) is 4. The second-order valence-corrected chi connectivity index (χ2v) is 6.83. The van der Waals surface area contributed by atoms with Crippen molar-refractivity contribution in [3.05, 3.63) is 47.4 Å². The zero-order valence-electron chi connectivity index (χ0n) is 14.5. The molecule has 0 radical (unpaired) electrons. The van der Waals surface area contributed by atoms with Crippen molar-refractivity contribution in [3.8, 4) is 5.75 Å². The summed E-state index contributed by atoms with van der Waals surface area (Å²) in [5, 5.41) is 3.96. The standard InChI is InChI=1S/C20H14FN3O3/c1-8(2)27-10-3-4-13-11(6-10)14-16-15(19(25)24-20(16)26)12-5-9(21)7-22-17(12)18(14)23-13/h3-8,23H,1-2H3,(H,24,25,26). The number of pyridine rings is 1. The number of nitrogens with one attached hydrogen (secondary N) is 2. The Bertz CT molecular complexity index is 1310. The summed E-state index contributed by atoms with van der Waals surface area (Å²) in [6.45, 7) is 3.85. The van der Waals surface area contributed by atoms with Gasteiger partial charge in [0.1, 0.15) is 11.6 Å². The van der Waals surface area contributed by atoms with Crippen molar-refractivity contribution in [1.82, 2.24) is 15.3 Å². The molecule has 1 aliphatic rings. The maximum Gasteiger partial charge on any atom is 0.259 e. The molecule has 0 unspecified atom stereocenters. The Kier molecular flexibility index (Phi) is 3.07. The molecule has 2 N–H and O–H groups in total. The number of aromatic amines is 1. The molecule has 5 rings (SSSR count). The van der Waals surface area contributed by atoms with Crippen LogP contribution in [0.4, 0.5) is 4.39 Å². The molecule has 0 saturated carbocycles. The second-order valence-electron chi connectivity index (χ2n) is 6.83. The lowest BCUT2D eigenvalue weighted by molar-refractivity contribution is 0.0880. The molecule has 7 heteroatoms. The summed E-state index contributed by atoms with van der Waals surface area (Å²) in [6, 6.07) is 6.75. The van der Waals surface area contributed by atoms with Gasteiger partial charge in [-0.3, -0.25) is 19.9 Å². The summed E-state index contributed by atoms with van der Waals surface area (Å²) in [4.78, 5) is 32.4. The highest BCUT2D eigenvalue weighted by molar-refractivity contribution is 6.36. The average Bonchev–Trinajstić information content (AvgIpc) is 3.11. The van der Waals surface area contributed by atoms with Gasteiger partial charge in [-0.2, -0.15) is 0 Å². The summed E-state index contributed by atoms with van der Waals surface area (Å²) in [7, 11) is 0. The number of carbonyl (C=O) groups excluding carboxylic acids is 2. The molecule has 0 aliphatic carbocycles. The Morgan fingerprint density at radius 2 is 1.85 bits per heavy atom. The van der Waals surface area contributed by atoms with Crippen LogP contribution in [0.3, 0.4) is 0 Å². The summed E-state index contributed by atoms with van der Waals surface area (Å²) in [6.07, 6.45) is 1.09. The van der Waals surface area contributed by atoms with Crippen LogP contribution in [0.2, 0.25) is 0 Å². The van der Waals surface area contributed by atoms with Gasteiger partial charge in [-0.05, 0) is 38.1 Å². The van der Waals surface area contributed by atoms with E-state index < -0.39 is 17.6 Å². The van der Waals surface area contributed by atoms with E-state index in [1.165, 1.54) is 6.07 Å². The van der Waals surface area contributed by atoms with Crippen molar-refractivity contribution >= 4 is 44.5 Å². The number of ether oxygens (including phenoxy) is 1. The van der Waals surface area contributed by atoms with Crippen LogP contribution in [-0.4, -0.2) is 27.9 Å². The van der Waals surface area contributed by atoms with E-state index in [1.54, 1.807) is 0 Å². The van der Waals surface area contributed by atoms with Gasteiger partial charge in [0, 0.05) is 21.7 Å². The molecule has 3 heterocycles. The number of H-pyrrole nitrogens is 1. The van der Waals surface area contributed by atoms with Gasteiger partial charge >= 0.3 is 0 Å². The first-order valence-corrected chi connectivity index (χ1v) is 8.53. The van der Waals surface area contributed by atoms with E-state index in [1.807, 2.05) is 32.0 Å². The molecule has 134 valence electrons. The van der Waals surface area contributed by atoms with E-state index in [-0.39, 0.29) is 17.2 Å². The zero-order valence-corrected chi connectivity index (χ0v) is 14.5. The molecular formula is C20H14FN3O3. The minimum absolute atomic E-state index is 0.00582. The van der Waals surface area contributed by atoms with Crippen LogP contribution in [0.25, 0.3) is 32.7 Å². The number of carbonyl (C=O) groups is 2. The lowest BCUT2D eigenvalue weighted by atomic mass is 9.97. The Hall–Kier alpha value is -3.48. The van der Waals surface area contributed by atoms with Gasteiger partial charge in [0.15, 0.2) is 0 Å². The van der Waals surface area contributed by atoms with Crippen LogP contribution in [0, 0.1) is 5.82 Å². The molecule has 2 amide bonds. The number of imide groups is 1. The lowest BCUT2D eigenvalue weighted by Crippen LogP contribution is -2.20. The summed E-state index contributed by atoms with van der Waals surface area (Å²) >= 11 is 0. The van der Waals surface area contributed by atoms with Crippen molar-refractivity contribution in [2.45, 2.75) is 20.0 Å². The maximum absolute atomic E-state index is 13.8. The molecule has 2 aromatic carbocycles. The number of halogens is 1. The fourth-order valence-corrected chi connectivity index (χ4v) is 3.73. The van der Waals surface area contributed by atoms with Crippen LogP contribution in [-0.2, 0) is 0 Å². The number of amides is 2. The van der Waals surface area contributed by atoms with Crippen LogP contribution in [0.5, 0.6) is 5.75 Å². The lowest BCUT2D eigenvalue weighted by Gasteiger charge is -2.09. The predicted molar refractivity (Wildman–Crippen MR) is 98.6 cm³/mol. The minimum Gasteiger partial charge on any atom is -0.491 e. The fourth-order valence-electron chi connectivity index (χ4n) is 3.73. The maximum atomic E-state index is 13.8. The number of hydrogen-bond donors (Lipinski definition) is 2. The van der Waals surface area contributed by atoms with Gasteiger partial charge < -0.3 is 9.72 Å². The first-order valence-electron chi connectivity index (χ1n) is 8.53. The van der Waals surface area contributed by atoms with E-state index in [4.69, 9.17) is 4.74 Å². The van der Waals surface area contributed by atoms with Crippen LogP contribution < -0.4 is 10.1 Å². The molecule has 6 nitrogen and oxygen atoms in total. The molecule has 2 aromatic heterocycles. The van der Waals surface area contributed by atoms with Crippen molar-refractivity contribution in [1.29, 1.82) is 0 Å². The third kappa shape index (κ3) is 2.14. The molecule has 0 saturated heterocycles. The average molecular weight is 363 g/mol. The number of rotatable bonds is 2. The van der Waals surface area contributed by atoms with Gasteiger partial charge in [-0.15, -0.1) is 0 Å². The van der Waals surface area contributed by atoms with Crippen molar-refractivity contribution < 1.29 is 18.7 Å². The number of aromatic nitrogens is 2. The fraction of sp³-hybridized carbons (Fsp3) is 0.150. The number of benzene rings is 2. The van der Waals surface area contributed by atoms with Crippen LogP contribution in [0.15, 0.2) is 30.5 Å². The molecule has 0 bridgehead atoms. The number of fused-ring (bicyclic) bond motifs is 8. The number of nitrogens with zero attached hydrogens (tertiary/aromatic N) is 1. The smallest absolute Gasteiger partial charge is 0.259 e. The molecule has 4 aromatic rings. The van der Waals surface area contributed by atoms with Gasteiger partial charge in [0.2, 0.25) is 0 Å². The van der Waals surface area contributed by atoms with Crippen molar-refractivity contribution in [3.63, 3.8) is 0 Å². The van der Waals surface area contributed by atoms with Crippen LogP contribution >= 0.6 is 0 Å². The Morgan fingerprint density at radius 1 is 1.07 bits per heavy atom. The Labute approximate surface area is 152 Å². The Balaban J connectivity index is 1.99. The van der Waals surface area contributed by atoms with Gasteiger partial charge in [-0.1, -0.05) is 0 Å². The molecule has 0 fully saturated rings. The SMILES string of the molecule is CC(C)Oc1ccc2[nH]c3c4ncc(F)cc4c4c(c3c2c1)C(=O)NC4=O. The highest BCUT2D eigenvalue weighted by Gasteiger charge is 2.34. The summed E-state index contributed by atoms with van der Waals surface area (Å²) < 4.78 is 19.6. The van der Waals surface area contributed by atoms with Crippen LogP contribution in [0.1, 0.15) is 34.6 Å². The van der Waals surface area contributed by atoms with Gasteiger partial charge in [-0.25, -0.2) is 4.39 Å². The van der Waals surface area contributed by atoms with Crippen molar-refractivity contribution in [2.24, 2.45) is 0 Å². The second kappa shape index (κ2) is 5.26. The molecule has 0 spiro atoms. The first kappa shape index (κ1) is 15.7. The van der Waals surface area contributed by atoms with E-state index in [2.05, 4.69) is 15.3 Å². The van der Waals surface area contributed by atoms with E-state index in [9.17, 15) is 14.0 Å². The molecule has 0 atom stereocenters. The molecular weight excluding hydrogens is 349 g/mol. The Morgan fingerprint density at radius 3 is 2.63 bits per heavy atom. The highest BCUT2D eigenvalue weighted by atomic mass is 19.1. The largest absolute Gasteiger partial charge is 0.491 e. The molecule has 1 aliphatic heterocycles. The highest BCUT2D eigenvalue weighted by Crippen LogP contribution is 2.39. The van der Waals surface area contributed by atoms with E-state index in [0.29, 0.717) is 27.6 Å². The molecule has 27 heavy (non-hydrogen) atoms. The monoisotopic (exact) mass is 363 g/mol. The summed E-state index contributed by atoms with van der Waals surface area (Å²) in [5.41, 5.74) is 2.20. The third-order valence-corrected chi connectivity index (χ3v) is 4.68. The zero-order chi connectivity index (χ0) is 18.9. The summed E-state index contributed by atoms with van der Waals surface area (Å²) in [5.74, 6) is -0.954. The van der Waals surface area contributed by atoms with Gasteiger partial charge in [0.25, 0.3) is 11.8 Å². The van der Waals surface area contributed by atoms with Crippen molar-refractivity contribution in [2.75, 3.05) is 0 Å². The first-order chi connectivity index (χ1) is 12.9. The van der Waals surface area contributed by atoms with Gasteiger partial charge in [0.05, 0.1) is 34.5 Å².